The molecule has 0 fully saturated rings. The zero-order valence-electron chi connectivity index (χ0n) is 30.3. The van der Waals surface area contributed by atoms with E-state index in [1.807, 2.05) is 84.9 Å². The molecule has 0 spiro atoms. The second-order valence-corrected chi connectivity index (χ2v) is 12.3. The van der Waals surface area contributed by atoms with Gasteiger partial charge in [0.2, 0.25) is 0 Å². The van der Waals surface area contributed by atoms with Crippen molar-refractivity contribution in [1.82, 2.24) is 4.98 Å². The van der Waals surface area contributed by atoms with Crippen LogP contribution in [-0.2, 0) is 6.37 Å². The molecule has 0 amide bonds. The van der Waals surface area contributed by atoms with E-state index in [0.717, 1.165) is 44.2 Å². The van der Waals surface area contributed by atoms with Crippen molar-refractivity contribution < 1.29 is 11.3 Å². The van der Waals surface area contributed by atoms with E-state index in [-0.39, 0.29) is 11.1 Å². The summed E-state index contributed by atoms with van der Waals surface area (Å²) >= 11 is 0. The summed E-state index contributed by atoms with van der Waals surface area (Å²) in [7, 11) is 0. The maximum absolute atomic E-state index is 9.95. The Morgan fingerprint density at radius 1 is 0.733 bits per heavy atom. The number of pyridine rings is 1. The number of furan rings is 1. The number of nitrogens with zero attached hydrogens (tertiary/aromatic N) is 2. The molecule has 7 rings (SSSR count). The van der Waals surface area contributed by atoms with Gasteiger partial charge in [0.25, 0.3) is 0 Å². The van der Waals surface area contributed by atoms with E-state index >= 15 is 0 Å². The number of fused-ring (bicyclic) bond motifs is 3. The molecule has 3 nitrogen and oxygen atoms in total. The molecule has 0 N–H and O–H groups in total. The van der Waals surface area contributed by atoms with E-state index in [2.05, 4.69) is 35.3 Å². The van der Waals surface area contributed by atoms with Gasteiger partial charge in [0.15, 0.2) is 0 Å². The molecule has 0 atom stereocenters. The maximum atomic E-state index is 9.95. The van der Waals surface area contributed by atoms with E-state index in [1.165, 1.54) is 6.20 Å². The molecular weight excluding hydrogens is 548 g/mol. The number of aryl methyl sites for hydroxylation is 1. The smallest absolute Gasteiger partial charge is 0.144 e. The van der Waals surface area contributed by atoms with Gasteiger partial charge >= 0.3 is 0 Å². The van der Waals surface area contributed by atoms with Gasteiger partial charge in [-0.2, -0.15) is 5.26 Å². The van der Waals surface area contributed by atoms with Crippen LogP contribution in [0.25, 0.3) is 66.6 Å². The average Bonchev–Trinajstić information content (AvgIpc) is 3.49. The predicted molar refractivity (Wildman–Crippen MR) is 186 cm³/mol. The van der Waals surface area contributed by atoms with Gasteiger partial charge in [-0.1, -0.05) is 99.6 Å². The molecule has 7 aromatic rings. The van der Waals surface area contributed by atoms with Gasteiger partial charge in [-0.05, 0) is 94.0 Å². The number of nitriles is 1. The van der Waals surface area contributed by atoms with Crippen molar-refractivity contribution in [2.24, 2.45) is 5.41 Å². The molecule has 0 aliphatic carbocycles. The Hall–Kier alpha value is -5.46. The lowest BCUT2D eigenvalue weighted by molar-refractivity contribution is 0.410. The minimum atomic E-state index is -2.53. The van der Waals surface area contributed by atoms with Crippen molar-refractivity contribution in [3.8, 4) is 50.7 Å². The Balaban J connectivity index is 1.31. The van der Waals surface area contributed by atoms with Crippen molar-refractivity contribution >= 4 is 21.9 Å². The van der Waals surface area contributed by atoms with Crippen molar-refractivity contribution in [3.05, 3.63) is 138 Å². The highest BCUT2D eigenvalue weighted by molar-refractivity contribution is 6.10. The quantitative estimate of drug-likeness (QED) is 0.201. The lowest BCUT2D eigenvalue weighted by atomic mass is 9.86. The molecule has 3 heteroatoms. The normalized spacial score (nSPS) is 13.9. The van der Waals surface area contributed by atoms with E-state index in [9.17, 15) is 5.26 Å². The van der Waals surface area contributed by atoms with Crippen LogP contribution in [0.2, 0.25) is 0 Å². The Kier molecular flexibility index (Phi) is 5.74. The van der Waals surface area contributed by atoms with Gasteiger partial charge in [0.05, 0.1) is 17.3 Å². The Morgan fingerprint density at radius 3 is 2.20 bits per heavy atom. The lowest BCUT2D eigenvalue weighted by Gasteiger charge is -2.20. The fourth-order valence-electron chi connectivity index (χ4n) is 5.82. The Labute approximate surface area is 271 Å². The topological polar surface area (TPSA) is 49.8 Å². The van der Waals surface area contributed by atoms with E-state index in [1.54, 1.807) is 26.8 Å². The molecule has 0 unspecified atom stereocenters. The first kappa shape index (κ1) is 23.0. The molecule has 0 aliphatic heterocycles. The molecular formula is C42H34N2O. The van der Waals surface area contributed by atoms with Crippen LogP contribution in [0.1, 0.15) is 44.3 Å². The monoisotopic (exact) mass is 587 g/mol. The van der Waals surface area contributed by atoms with Gasteiger partial charge in [-0.3, -0.25) is 4.98 Å². The highest BCUT2D eigenvalue weighted by Gasteiger charge is 2.18. The number of para-hydroxylation sites is 1. The maximum Gasteiger partial charge on any atom is 0.144 e. The van der Waals surface area contributed by atoms with Crippen LogP contribution in [0.4, 0.5) is 0 Å². The van der Waals surface area contributed by atoms with Gasteiger partial charge < -0.3 is 4.42 Å². The second-order valence-electron chi connectivity index (χ2n) is 12.3. The molecule has 2 heterocycles. The van der Waals surface area contributed by atoms with Crippen LogP contribution in [0.3, 0.4) is 0 Å². The minimum absolute atomic E-state index is 0.0942. The number of benzene rings is 5. The van der Waals surface area contributed by atoms with Crippen molar-refractivity contribution in [3.63, 3.8) is 0 Å². The molecule has 5 aromatic carbocycles. The molecule has 45 heavy (non-hydrogen) atoms. The molecule has 0 saturated carbocycles. The number of hydrogen-bond acceptors (Lipinski definition) is 3. The molecule has 218 valence electrons. The standard InChI is InChI=1S/C42H34N2O/c1-27-26-44-39(22-34(27)24-42(2,3)4)37-12-8-11-36-35-20-19-32(23-40(35)45-41(36)37)31-17-18-33(25-43)38(21-31)30-15-13-29(14-16-30)28-9-6-5-7-10-28/h5-23,26H,24H2,1-4H3/i1D3,24D2. The van der Waals surface area contributed by atoms with Gasteiger partial charge in [-0.25, -0.2) is 0 Å². The minimum Gasteiger partial charge on any atom is -0.455 e. The summed E-state index contributed by atoms with van der Waals surface area (Å²) < 4.78 is 48.7. The summed E-state index contributed by atoms with van der Waals surface area (Å²) in [6, 6.07) is 39.9. The third-order valence-corrected chi connectivity index (χ3v) is 7.96. The number of rotatable bonds is 5. The first-order valence-electron chi connectivity index (χ1n) is 17.4. The molecule has 0 saturated heterocycles. The van der Waals surface area contributed by atoms with Crippen LogP contribution >= 0.6 is 0 Å². The Morgan fingerprint density at radius 2 is 1.44 bits per heavy atom. The average molecular weight is 588 g/mol. The molecule has 0 radical (unpaired) electrons. The fraction of sp³-hybridized carbons (Fsp3) is 0.143. The third-order valence-electron chi connectivity index (χ3n) is 7.96. The fourth-order valence-corrected chi connectivity index (χ4v) is 5.82. The highest BCUT2D eigenvalue weighted by atomic mass is 16.3. The van der Waals surface area contributed by atoms with E-state index < -0.39 is 18.6 Å². The first-order chi connectivity index (χ1) is 23.8. The summed E-state index contributed by atoms with van der Waals surface area (Å²) in [5.41, 5.74) is 7.90. The van der Waals surface area contributed by atoms with E-state index in [4.69, 9.17) is 11.3 Å². The van der Waals surface area contributed by atoms with Crippen molar-refractivity contribution in [2.45, 2.75) is 34.0 Å². The third kappa shape index (κ3) is 5.52. The van der Waals surface area contributed by atoms with Crippen LogP contribution < -0.4 is 0 Å². The first-order valence-corrected chi connectivity index (χ1v) is 14.9. The summed E-state index contributed by atoms with van der Waals surface area (Å²) in [4.78, 5) is 4.52. The largest absolute Gasteiger partial charge is 0.455 e. The van der Waals surface area contributed by atoms with Gasteiger partial charge in [0.1, 0.15) is 11.2 Å². The van der Waals surface area contributed by atoms with Crippen LogP contribution in [0, 0.1) is 23.6 Å². The summed E-state index contributed by atoms with van der Waals surface area (Å²) in [6.07, 6.45) is -0.673. The second kappa shape index (κ2) is 11.2. The van der Waals surface area contributed by atoms with Gasteiger partial charge in [0, 0.05) is 34.9 Å². The van der Waals surface area contributed by atoms with Crippen molar-refractivity contribution in [1.29, 1.82) is 5.26 Å². The summed E-state index contributed by atoms with van der Waals surface area (Å²) in [5.74, 6) is 0. The number of aromatic nitrogens is 1. The lowest BCUT2D eigenvalue weighted by Crippen LogP contribution is -2.10. The van der Waals surface area contributed by atoms with Crippen LogP contribution in [-0.4, -0.2) is 4.98 Å². The zero-order valence-corrected chi connectivity index (χ0v) is 25.3. The number of hydrogen-bond donors (Lipinski definition) is 0. The molecule has 0 aliphatic rings. The van der Waals surface area contributed by atoms with E-state index in [0.29, 0.717) is 28.0 Å². The van der Waals surface area contributed by atoms with Crippen molar-refractivity contribution in [2.75, 3.05) is 0 Å². The predicted octanol–water partition coefficient (Wildman–Crippen LogP) is 11.4. The molecule has 0 bridgehead atoms. The zero-order chi connectivity index (χ0) is 35.4. The SMILES string of the molecule is [2H]C([2H])([2H])c1cnc(-c2cccc3c2oc2cc(-c4ccc(C#N)c(-c5ccc(-c6ccccc6)cc5)c4)ccc23)cc1C([2H])([2H])C(C)(C)C. The summed E-state index contributed by atoms with van der Waals surface area (Å²) in [5, 5.41) is 11.7. The molecule has 2 aromatic heterocycles. The van der Waals surface area contributed by atoms with Crippen LogP contribution in [0.5, 0.6) is 0 Å². The Bertz CT molecular complexity index is 2430. The van der Waals surface area contributed by atoms with Crippen LogP contribution in [0.15, 0.2) is 126 Å². The van der Waals surface area contributed by atoms with Gasteiger partial charge in [-0.15, -0.1) is 0 Å². The summed E-state index contributed by atoms with van der Waals surface area (Å²) in [6.45, 7) is 2.74. The highest BCUT2D eigenvalue weighted by Crippen LogP contribution is 2.38.